The molecule has 34 heavy (non-hydrogen) atoms. The quantitative estimate of drug-likeness (QED) is 0.485. The van der Waals surface area contributed by atoms with E-state index >= 15 is 0 Å². The Kier molecular flexibility index (Phi) is 7.45. The minimum Gasteiger partial charge on any atom is -0.490 e. The SMILES string of the molecule is O=C(NCCNC(=O)c1ccc(C2CC2)c(F)c1)c1ccc(O[C@H]2CC[C@@H](C(=O)O)CC2)cc1. The molecule has 2 amide bonds. The zero-order chi connectivity index (χ0) is 24.1. The van der Waals surface area contributed by atoms with Gasteiger partial charge in [0.2, 0.25) is 0 Å². The van der Waals surface area contributed by atoms with Crippen molar-refractivity contribution >= 4 is 17.8 Å². The number of hydrogen-bond donors (Lipinski definition) is 3. The first-order valence-corrected chi connectivity index (χ1v) is 11.8. The Hall–Kier alpha value is -3.42. The van der Waals surface area contributed by atoms with Crippen LogP contribution in [0.25, 0.3) is 0 Å². The number of carbonyl (C=O) groups is 3. The fourth-order valence-electron chi connectivity index (χ4n) is 4.25. The molecule has 180 valence electrons. The summed E-state index contributed by atoms with van der Waals surface area (Å²) in [5.74, 6) is -1.11. The van der Waals surface area contributed by atoms with Crippen LogP contribution in [0.15, 0.2) is 42.5 Å². The molecule has 2 fully saturated rings. The highest BCUT2D eigenvalue weighted by molar-refractivity contribution is 5.95. The van der Waals surface area contributed by atoms with Gasteiger partial charge in [-0.2, -0.15) is 0 Å². The van der Waals surface area contributed by atoms with Gasteiger partial charge in [0.05, 0.1) is 12.0 Å². The Labute approximate surface area is 197 Å². The van der Waals surface area contributed by atoms with Crippen molar-refractivity contribution in [2.45, 2.75) is 50.5 Å². The molecular weight excluding hydrogens is 439 g/mol. The summed E-state index contributed by atoms with van der Waals surface area (Å²) in [6, 6.07) is 11.3. The van der Waals surface area contributed by atoms with E-state index in [0.29, 0.717) is 42.6 Å². The number of amides is 2. The summed E-state index contributed by atoms with van der Waals surface area (Å²) < 4.78 is 20.0. The van der Waals surface area contributed by atoms with Gasteiger partial charge >= 0.3 is 5.97 Å². The molecule has 0 unspecified atom stereocenters. The molecule has 2 aliphatic carbocycles. The zero-order valence-corrected chi connectivity index (χ0v) is 18.9. The predicted octanol–water partition coefficient (Wildman–Crippen LogP) is 3.89. The first-order chi connectivity index (χ1) is 16.4. The maximum Gasteiger partial charge on any atom is 0.306 e. The van der Waals surface area contributed by atoms with Gasteiger partial charge in [0, 0.05) is 24.2 Å². The van der Waals surface area contributed by atoms with E-state index in [1.807, 2.05) is 0 Å². The standard InChI is InChI=1S/C26H29FN2O5/c27-23-15-19(7-12-22(23)16-1-2-16)25(31)29-14-13-28-24(30)17-3-8-20(9-4-17)34-21-10-5-18(6-11-21)26(32)33/h3-4,7-9,12,15-16,18,21H,1-2,5-6,10-11,13-14H2,(H,28,30)(H,29,31)(H,32,33)/t18-,21+. The van der Waals surface area contributed by atoms with E-state index in [4.69, 9.17) is 9.84 Å². The summed E-state index contributed by atoms with van der Waals surface area (Å²) in [6.45, 7) is 0.453. The Morgan fingerprint density at radius 3 is 2.00 bits per heavy atom. The second kappa shape index (κ2) is 10.7. The summed E-state index contributed by atoms with van der Waals surface area (Å²) in [6.07, 6.45) is 4.58. The van der Waals surface area contributed by atoms with E-state index in [1.165, 1.54) is 6.07 Å². The van der Waals surface area contributed by atoms with Gasteiger partial charge in [-0.25, -0.2) is 4.39 Å². The fourth-order valence-corrected chi connectivity index (χ4v) is 4.25. The van der Waals surface area contributed by atoms with Crippen LogP contribution in [-0.2, 0) is 4.79 Å². The number of benzene rings is 2. The average molecular weight is 469 g/mol. The largest absolute Gasteiger partial charge is 0.490 e. The lowest BCUT2D eigenvalue weighted by Crippen LogP contribution is -2.34. The lowest BCUT2D eigenvalue weighted by atomic mass is 9.87. The van der Waals surface area contributed by atoms with Crippen LogP contribution < -0.4 is 15.4 Å². The molecule has 2 aromatic rings. The predicted molar refractivity (Wildman–Crippen MR) is 123 cm³/mol. The van der Waals surface area contributed by atoms with E-state index < -0.39 is 5.97 Å². The van der Waals surface area contributed by atoms with Gasteiger partial charge in [0.15, 0.2) is 0 Å². The van der Waals surface area contributed by atoms with Crippen LogP contribution in [0.5, 0.6) is 5.75 Å². The summed E-state index contributed by atoms with van der Waals surface area (Å²) >= 11 is 0. The molecule has 2 saturated carbocycles. The Bertz CT molecular complexity index is 1040. The van der Waals surface area contributed by atoms with Crippen LogP contribution >= 0.6 is 0 Å². The number of carbonyl (C=O) groups excluding carboxylic acids is 2. The number of nitrogens with one attached hydrogen (secondary N) is 2. The molecule has 4 rings (SSSR count). The highest BCUT2D eigenvalue weighted by atomic mass is 19.1. The Balaban J connectivity index is 1.17. The number of halogens is 1. The second-order valence-corrected chi connectivity index (χ2v) is 8.98. The third-order valence-corrected chi connectivity index (χ3v) is 6.42. The van der Waals surface area contributed by atoms with Gasteiger partial charge in [0.25, 0.3) is 11.8 Å². The second-order valence-electron chi connectivity index (χ2n) is 8.98. The van der Waals surface area contributed by atoms with Crippen molar-refractivity contribution in [1.29, 1.82) is 0 Å². The first kappa shape index (κ1) is 23.7. The third-order valence-electron chi connectivity index (χ3n) is 6.42. The van der Waals surface area contributed by atoms with Crippen LogP contribution in [0.2, 0.25) is 0 Å². The van der Waals surface area contributed by atoms with Crippen LogP contribution in [0, 0.1) is 11.7 Å². The topological polar surface area (TPSA) is 105 Å². The number of aliphatic carboxylic acids is 1. The summed E-state index contributed by atoms with van der Waals surface area (Å²) in [5, 5.41) is 14.5. The van der Waals surface area contributed by atoms with Crippen LogP contribution in [-0.4, -0.2) is 42.1 Å². The molecule has 0 aliphatic heterocycles. The summed E-state index contributed by atoms with van der Waals surface area (Å²) in [5.41, 5.74) is 1.40. The Morgan fingerprint density at radius 2 is 1.44 bits per heavy atom. The molecule has 0 radical (unpaired) electrons. The number of ether oxygens (including phenoxy) is 1. The van der Waals surface area contributed by atoms with Gasteiger partial charge in [-0.1, -0.05) is 6.07 Å². The zero-order valence-electron chi connectivity index (χ0n) is 18.9. The lowest BCUT2D eigenvalue weighted by molar-refractivity contribution is -0.143. The molecule has 3 N–H and O–H groups in total. The monoisotopic (exact) mass is 468 g/mol. The van der Waals surface area contributed by atoms with Gasteiger partial charge in [-0.05, 0) is 86.4 Å². The minimum absolute atomic E-state index is 0.0164. The Morgan fingerprint density at radius 1 is 0.853 bits per heavy atom. The normalized spacial score (nSPS) is 19.8. The third kappa shape index (κ3) is 6.12. The van der Waals surface area contributed by atoms with Gasteiger partial charge in [-0.3, -0.25) is 14.4 Å². The molecule has 0 saturated heterocycles. The first-order valence-electron chi connectivity index (χ1n) is 11.8. The molecular formula is C26H29FN2O5. The van der Waals surface area contributed by atoms with Crippen molar-refractivity contribution in [2.75, 3.05) is 13.1 Å². The maximum absolute atomic E-state index is 14.1. The van der Waals surface area contributed by atoms with Crippen LogP contribution in [0.4, 0.5) is 4.39 Å². The number of rotatable bonds is 9. The van der Waals surface area contributed by atoms with Gasteiger partial charge < -0.3 is 20.5 Å². The number of carboxylic acid groups (broad SMARTS) is 1. The molecule has 0 heterocycles. The van der Waals surface area contributed by atoms with Gasteiger partial charge in [-0.15, -0.1) is 0 Å². The number of carboxylic acids is 1. The molecule has 2 aromatic carbocycles. The van der Waals surface area contributed by atoms with Crippen LogP contribution in [0.3, 0.4) is 0 Å². The highest BCUT2D eigenvalue weighted by Crippen LogP contribution is 2.41. The van der Waals surface area contributed by atoms with Crippen molar-refractivity contribution in [3.8, 4) is 5.75 Å². The van der Waals surface area contributed by atoms with Crippen molar-refractivity contribution in [3.63, 3.8) is 0 Å². The highest BCUT2D eigenvalue weighted by Gasteiger charge is 2.27. The molecule has 8 heteroatoms. The number of hydrogen-bond acceptors (Lipinski definition) is 4. The van der Waals surface area contributed by atoms with E-state index in [9.17, 15) is 18.8 Å². The van der Waals surface area contributed by atoms with Crippen molar-refractivity contribution < 1.29 is 28.6 Å². The average Bonchev–Trinajstić information content (AvgIpc) is 3.67. The van der Waals surface area contributed by atoms with E-state index in [-0.39, 0.29) is 54.2 Å². The molecule has 2 aliphatic rings. The fraction of sp³-hybridized carbons (Fsp3) is 0.423. The van der Waals surface area contributed by atoms with Crippen molar-refractivity contribution in [2.24, 2.45) is 5.92 Å². The summed E-state index contributed by atoms with van der Waals surface area (Å²) in [7, 11) is 0. The smallest absolute Gasteiger partial charge is 0.306 e. The van der Waals surface area contributed by atoms with Gasteiger partial charge in [0.1, 0.15) is 11.6 Å². The lowest BCUT2D eigenvalue weighted by Gasteiger charge is -2.26. The molecule has 0 spiro atoms. The van der Waals surface area contributed by atoms with Crippen LogP contribution in [0.1, 0.15) is 70.7 Å². The van der Waals surface area contributed by atoms with E-state index in [1.54, 1.807) is 36.4 Å². The van der Waals surface area contributed by atoms with E-state index in [2.05, 4.69) is 10.6 Å². The minimum atomic E-state index is -0.746. The molecule has 0 bridgehead atoms. The molecule has 7 nitrogen and oxygen atoms in total. The summed E-state index contributed by atoms with van der Waals surface area (Å²) in [4.78, 5) is 35.6. The molecule has 0 atom stereocenters. The van der Waals surface area contributed by atoms with E-state index in [0.717, 1.165) is 12.8 Å². The van der Waals surface area contributed by atoms with Crippen molar-refractivity contribution in [3.05, 3.63) is 65.0 Å². The van der Waals surface area contributed by atoms with Crippen molar-refractivity contribution in [1.82, 2.24) is 10.6 Å². The maximum atomic E-state index is 14.1. The molecule has 0 aromatic heterocycles.